The molecule has 2 aromatic rings. The first-order valence-corrected chi connectivity index (χ1v) is 7.71. The third-order valence-corrected chi connectivity index (χ3v) is 4.03. The van der Waals surface area contributed by atoms with Crippen molar-refractivity contribution in [2.75, 3.05) is 13.2 Å². The van der Waals surface area contributed by atoms with E-state index in [1.54, 1.807) is 24.3 Å². The van der Waals surface area contributed by atoms with E-state index in [0.717, 1.165) is 5.56 Å². The van der Waals surface area contributed by atoms with Crippen LogP contribution < -0.4 is 0 Å². The normalized spacial score (nSPS) is 23.1. The topological polar surface area (TPSA) is 68.0 Å². The minimum Gasteiger partial charge on any atom is -0.345 e. The van der Waals surface area contributed by atoms with E-state index in [1.807, 2.05) is 30.3 Å². The van der Waals surface area contributed by atoms with Gasteiger partial charge < -0.3 is 9.47 Å². The zero-order valence-corrected chi connectivity index (χ0v) is 12.8. The maximum atomic E-state index is 12.5. The van der Waals surface area contributed by atoms with Crippen molar-refractivity contribution in [3.8, 4) is 0 Å². The quantitative estimate of drug-likeness (QED) is 0.814. The van der Waals surface area contributed by atoms with Crippen LogP contribution in [0.15, 0.2) is 59.7 Å². The molecule has 2 unspecified atom stereocenters. The molecule has 2 aliphatic heterocycles. The number of benzene rings is 2. The molecule has 0 spiro atoms. The van der Waals surface area contributed by atoms with Crippen LogP contribution >= 0.6 is 0 Å². The smallest absolute Gasteiger partial charge is 0.345 e. The van der Waals surface area contributed by atoms with E-state index < -0.39 is 12.2 Å². The molecule has 6 nitrogen and oxygen atoms in total. The van der Waals surface area contributed by atoms with Gasteiger partial charge in [-0.25, -0.2) is 4.79 Å². The Morgan fingerprint density at radius 3 is 2.50 bits per heavy atom. The Balaban J connectivity index is 1.49. The summed E-state index contributed by atoms with van der Waals surface area (Å²) in [4.78, 5) is 24.6. The summed E-state index contributed by atoms with van der Waals surface area (Å²) in [5.74, 6) is -0.708. The Hall–Kier alpha value is -2.70. The molecule has 2 aromatic carbocycles. The number of fused-ring (bicyclic) bond motifs is 1. The lowest BCUT2D eigenvalue weighted by Crippen LogP contribution is -2.34. The van der Waals surface area contributed by atoms with E-state index in [-0.39, 0.29) is 18.6 Å². The van der Waals surface area contributed by atoms with E-state index in [4.69, 9.17) is 9.47 Å². The highest BCUT2D eigenvalue weighted by molar-refractivity contribution is 6.06. The Morgan fingerprint density at radius 1 is 1.00 bits per heavy atom. The van der Waals surface area contributed by atoms with Gasteiger partial charge in [0.25, 0.3) is 0 Å². The lowest BCUT2D eigenvalue weighted by Gasteiger charge is -2.11. The van der Waals surface area contributed by atoms with Crippen LogP contribution in [0.4, 0.5) is 0 Å². The molecule has 4 rings (SSSR count). The Bertz CT molecular complexity index is 832. The number of carbonyl (C=O) groups excluding carboxylic acids is 2. The predicted octanol–water partition coefficient (Wildman–Crippen LogP) is 2.56. The van der Waals surface area contributed by atoms with Gasteiger partial charge in [0.15, 0.2) is 6.29 Å². The first kappa shape index (κ1) is 14.9. The van der Waals surface area contributed by atoms with Gasteiger partial charge in [-0.3, -0.25) is 4.79 Å². The van der Waals surface area contributed by atoms with Crippen molar-refractivity contribution < 1.29 is 23.8 Å². The highest BCUT2D eigenvalue weighted by Gasteiger charge is 2.39. The first-order chi connectivity index (χ1) is 11.7. The first-order valence-electron chi connectivity index (χ1n) is 7.71. The van der Waals surface area contributed by atoms with Gasteiger partial charge >= 0.3 is 11.8 Å². The van der Waals surface area contributed by atoms with Crippen LogP contribution in [0.5, 0.6) is 0 Å². The summed E-state index contributed by atoms with van der Waals surface area (Å²) < 4.78 is 12.6. The molecule has 24 heavy (non-hydrogen) atoms. The van der Waals surface area contributed by atoms with Gasteiger partial charge in [-0.15, -0.1) is 0 Å². The highest BCUT2D eigenvalue weighted by atomic mass is 16.7. The molecule has 0 radical (unpaired) electrons. The molecule has 1 fully saturated rings. The van der Waals surface area contributed by atoms with E-state index in [0.29, 0.717) is 17.7 Å². The summed E-state index contributed by atoms with van der Waals surface area (Å²) in [6.45, 7) is 0.525. The molecule has 0 bridgehead atoms. The zero-order valence-electron chi connectivity index (χ0n) is 12.8. The van der Waals surface area contributed by atoms with Crippen molar-refractivity contribution in [3.63, 3.8) is 0 Å². The number of carbonyl (C=O) groups is 2. The fourth-order valence-electron chi connectivity index (χ4n) is 2.85. The summed E-state index contributed by atoms with van der Waals surface area (Å²) in [6.07, 6.45) is -0.792. The van der Waals surface area contributed by atoms with E-state index in [2.05, 4.69) is 5.11 Å². The number of hydrogen-bond donors (Lipinski definition) is 0. The third-order valence-electron chi connectivity index (χ3n) is 4.03. The van der Waals surface area contributed by atoms with E-state index in [1.165, 1.54) is 4.70 Å². The van der Waals surface area contributed by atoms with Crippen molar-refractivity contribution in [1.82, 2.24) is 0 Å². The summed E-state index contributed by atoms with van der Waals surface area (Å²) in [5.41, 5.74) is 1.63. The number of nitrogens with zero attached hydrogens (tertiary/aromatic N) is 2. The fourth-order valence-corrected chi connectivity index (χ4v) is 2.85. The number of ether oxygens (including phenoxy) is 2. The van der Waals surface area contributed by atoms with Crippen LogP contribution in [-0.2, 0) is 9.47 Å². The van der Waals surface area contributed by atoms with Gasteiger partial charge in [-0.05, 0) is 16.8 Å². The number of amides is 2. The molecule has 0 N–H and O–H groups in total. The van der Waals surface area contributed by atoms with Gasteiger partial charge in [0.05, 0.1) is 12.2 Å². The predicted molar refractivity (Wildman–Crippen MR) is 82.7 cm³/mol. The monoisotopic (exact) mass is 323 g/mol. The second-order valence-corrected chi connectivity index (χ2v) is 5.67. The molecule has 2 aliphatic rings. The largest absolute Gasteiger partial charge is 0.445 e. The molecule has 6 heteroatoms. The average molecular weight is 323 g/mol. The maximum absolute atomic E-state index is 12.5. The number of hydrogen-bond acceptors (Lipinski definition) is 4. The minimum atomic E-state index is -0.459. The van der Waals surface area contributed by atoms with Crippen molar-refractivity contribution in [1.29, 1.82) is 0 Å². The van der Waals surface area contributed by atoms with Crippen LogP contribution in [0.25, 0.3) is 0 Å². The zero-order chi connectivity index (χ0) is 16.5. The number of azo groups is 2. The summed E-state index contributed by atoms with van der Waals surface area (Å²) in [5, 5.41) is 3.88. The van der Waals surface area contributed by atoms with Crippen molar-refractivity contribution in [2.45, 2.75) is 12.4 Å². The summed E-state index contributed by atoms with van der Waals surface area (Å²) >= 11 is 0. The summed E-state index contributed by atoms with van der Waals surface area (Å²) in [6, 6.07) is 16.3. The van der Waals surface area contributed by atoms with Crippen LogP contribution in [-0.4, -0.2) is 35.8 Å². The Labute approximate surface area is 138 Å². The molecule has 120 valence electrons. The SMILES string of the molecule is O=C1N=[N+](CC2COC(c3ccccc3)O2)C(=O)c2ccccc21. The van der Waals surface area contributed by atoms with Gasteiger partial charge in [-0.2, -0.15) is 0 Å². The molecular formula is C18H15N2O4+. The average Bonchev–Trinajstić information content (AvgIpc) is 3.09. The molecule has 0 aliphatic carbocycles. The second kappa shape index (κ2) is 6.07. The standard InChI is InChI=1S/C18H15N2O4/c21-16-14-8-4-5-9-15(14)17(22)20(19-16)10-13-11-23-18(24-13)12-6-2-1-3-7-12/h1-9,13,18H,10-11H2/q+1. The van der Waals surface area contributed by atoms with Crippen molar-refractivity contribution in [2.24, 2.45) is 5.11 Å². The van der Waals surface area contributed by atoms with Gasteiger partial charge in [0, 0.05) is 10.7 Å². The van der Waals surface area contributed by atoms with Crippen molar-refractivity contribution in [3.05, 3.63) is 71.3 Å². The van der Waals surface area contributed by atoms with Gasteiger partial charge in [0.2, 0.25) is 6.54 Å². The lowest BCUT2D eigenvalue weighted by atomic mass is 10.1. The summed E-state index contributed by atoms with van der Waals surface area (Å²) in [7, 11) is 0. The third kappa shape index (κ3) is 2.66. The van der Waals surface area contributed by atoms with E-state index >= 15 is 0 Å². The number of rotatable bonds is 3. The minimum absolute atomic E-state index is 0.183. The van der Waals surface area contributed by atoms with Crippen LogP contribution in [0.3, 0.4) is 0 Å². The maximum Gasteiger partial charge on any atom is 0.445 e. The van der Waals surface area contributed by atoms with Crippen molar-refractivity contribution >= 4 is 11.8 Å². The Morgan fingerprint density at radius 2 is 1.71 bits per heavy atom. The van der Waals surface area contributed by atoms with Crippen LogP contribution in [0.1, 0.15) is 32.6 Å². The Kier molecular flexibility index (Phi) is 3.76. The van der Waals surface area contributed by atoms with E-state index in [9.17, 15) is 9.59 Å². The molecular weight excluding hydrogens is 308 g/mol. The molecule has 2 heterocycles. The van der Waals surface area contributed by atoms with Crippen LogP contribution in [0, 0.1) is 0 Å². The second-order valence-electron chi connectivity index (χ2n) is 5.67. The van der Waals surface area contributed by atoms with Gasteiger partial charge in [-0.1, -0.05) is 42.5 Å². The molecule has 0 saturated carbocycles. The molecule has 2 atom stereocenters. The lowest BCUT2D eigenvalue weighted by molar-refractivity contribution is -0.504. The fraction of sp³-hybridized carbons (Fsp3) is 0.222. The highest BCUT2D eigenvalue weighted by Crippen LogP contribution is 2.27. The van der Waals surface area contributed by atoms with Crippen LogP contribution in [0.2, 0.25) is 0 Å². The molecule has 0 aromatic heterocycles. The molecule has 1 saturated heterocycles. The molecule has 2 amide bonds. The van der Waals surface area contributed by atoms with Gasteiger partial charge in [0.1, 0.15) is 11.7 Å².